The average Bonchev–Trinajstić information content (AvgIpc) is 2.86. The number of carbonyl (C=O) groups excluding carboxylic acids is 1. The molecule has 1 aromatic rings. The van der Waals surface area contributed by atoms with Gasteiger partial charge < -0.3 is 5.32 Å². The molecule has 2 atom stereocenters. The lowest BCUT2D eigenvalue weighted by Gasteiger charge is -2.22. The number of ketones is 1. The number of benzene rings is 1. The lowest BCUT2D eigenvalue weighted by molar-refractivity contribution is -0.141. The molecule has 3 nitrogen and oxygen atoms in total. The molecule has 116 valence electrons. The molecule has 0 amide bonds. The minimum absolute atomic E-state index is 0.137. The number of rotatable bonds is 2. The van der Waals surface area contributed by atoms with Gasteiger partial charge >= 0.3 is 6.18 Å². The van der Waals surface area contributed by atoms with Gasteiger partial charge in [0.2, 0.25) is 5.78 Å². The number of hydrogen-bond acceptors (Lipinski definition) is 3. The zero-order valence-corrected chi connectivity index (χ0v) is 11.9. The summed E-state index contributed by atoms with van der Waals surface area (Å²) in [6, 6.07) is 8.53. The number of hydrogen-bond donors (Lipinski definition) is 1. The fourth-order valence-electron chi connectivity index (χ4n) is 3.03. The van der Waals surface area contributed by atoms with Crippen molar-refractivity contribution >= 4 is 11.5 Å². The Kier molecular flexibility index (Phi) is 3.54. The maximum absolute atomic E-state index is 12.7. The van der Waals surface area contributed by atoms with Gasteiger partial charge in [-0.25, -0.2) is 0 Å². The molecule has 0 aliphatic carbocycles. The molecule has 0 fully saturated rings. The Bertz CT molecular complexity index is 662. The van der Waals surface area contributed by atoms with Crippen LogP contribution in [-0.4, -0.2) is 30.3 Å². The molecule has 2 unspecified atom stereocenters. The van der Waals surface area contributed by atoms with E-state index in [-0.39, 0.29) is 23.9 Å². The van der Waals surface area contributed by atoms with Gasteiger partial charge in [0.15, 0.2) is 0 Å². The van der Waals surface area contributed by atoms with E-state index in [0.717, 1.165) is 0 Å². The standard InChI is InChI=1S/C16H15F3N2O/c1-9-13-12(11(8-20-13)7-16(17,18)19)15(22)14(21-9)10-5-3-2-4-6-10/h2-6,9,11,20H,7-8H2,1H3. The first kappa shape index (κ1) is 14.8. The van der Waals surface area contributed by atoms with Crippen molar-refractivity contribution < 1.29 is 18.0 Å². The molecule has 0 saturated carbocycles. The Morgan fingerprint density at radius 3 is 2.59 bits per heavy atom. The van der Waals surface area contributed by atoms with Crippen molar-refractivity contribution in [1.29, 1.82) is 0 Å². The van der Waals surface area contributed by atoms with Crippen molar-refractivity contribution in [1.82, 2.24) is 5.32 Å². The van der Waals surface area contributed by atoms with E-state index in [1.165, 1.54) is 0 Å². The fraction of sp³-hybridized carbons (Fsp3) is 0.375. The molecule has 6 heteroatoms. The molecule has 2 aliphatic heterocycles. The van der Waals surface area contributed by atoms with Gasteiger partial charge in [0.05, 0.1) is 12.5 Å². The molecule has 0 saturated heterocycles. The maximum Gasteiger partial charge on any atom is 0.389 e. The molecule has 0 aromatic heterocycles. The normalized spacial score (nSPS) is 24.9. The van der Waals surface area contributed by atoms with E-state index < -0.39 is 24.3 Å². The van der Waals surface area contributed by atoms with E-state index in [0.29, 0.717) is 11.3 Å². The Morgan fingerprint density at radius 1 is 1.27 bits per heavy atom. The summed E-state index contributed by atoms with van der Waals surface area (Å²) in [4.78, 5) is 17.0. The van der Waals surface area contributed by atoms with E-state index in [4.69, 9.17) is 0 Å². The van der Waals surface area contributed by atoms with Crippen LogP contribution in [-0.2, 0) is 4.79 Å². The van der Waals surface area contributed by atoms with Crippen molar-refractivity contribution in [3.8, 4) is 0 Å². The van der Waals surface area contributed by atoms with E-state index in [2.05, 4.69) is 10.3 Å². The van der Waals surface area contributed by atoms with Crippen LogP contribution in [0.2, 0.25) is 0 Å². The van der Waals surface area contributed by atoms with Crippen molar-refractivity contribution in [3.05, 3.63) is 47.2 Å². The van der Waals surface area contributed by atoms with Crippen LogP contribution in [0.15, 0.2) is 46.6 Å². The van der Waals surface area contributed by atoms with Gasteiger partial charge in [0, 0.05) is 29.3 Å². The number of halogens is 3. The van der Waals surface area contributed by atoms with Crippen LogP contribution in [0.1, 0.15) is 18.9 Å². The average molecular weight is 308 g/mol. The Hall–Kier alpha value is -2.11. The minimum atomic E-state index is -4.29. The van der Waals surface area contributed by atoms with Gasteiger partial charge in [-0.05, 0) is 6.92 Å². The zero-order valence-electron chi connectivity index (χ0n) is 11.9. The summed E-state index contributed by atoms with van der Waals surface area (Å²) in [6.07, 6.45) is -5.28. The van der Waals surface area contributed by atoms with Gasteiger partial charge in [-0.15, -0.1) is 0 Å². The second-order valence-electron chi connectivity index (χ2n) is 5.57. The topological polar surface area (TPSA) is 41.5 Å². The minimum Gasteiger partial charge on any atom is -0.386 e. The van der Waals surface area contributed by atoms with Crippen LogP contribution in [0, 0.1) is 5.92 Å². The van der Waals surface area contributed by atoms with Crippen molar-refractivity contribution in [2.45, 2.75) is 25.6 Å². The molecular weight excluding hydrogens is 293 g/mol. The second-order valence-corrected chi connectivity index (χ2v) is 5.57. The summed E-state index contributed by atoms with van der Waals surface area (Å²) in [5.74, 6) is -1.22. The number of Topliss-reactive ketones (excluding diaryl/α,β-unsaturated/α-hetero) is 1. The quantitative estimate of drug-likeness (QED) is 0.913. The summed E-state index contributed by atoms with van der Waals surface area (Å²) in [5, 5.41) is 2.94. The Morgan fingerprint density at radius 2 is 1.95 bits per heavy atom. The van der Waals surface area contributed by atoms with Crippen molar-refractivity contribution in [2.75, 3.05) is 6.54 Å². The first-order valence-electron chi connectivity index (χ1n) is 7.09. The third-order valence-electron chi connectivity index (χ3n) is 3.96. The first-order chi connectivity index (χ1) is 10.4. The van der Waals surface area contributed by atoms with Crippen LogP contribution in [0.4, 0.5) is 13.2 Å². The molecule has 1 aromatic carbocycles. The molecule has 0 bridgehead atoms. The van der Waals surface area contributed by atoms with Gasteiger partial charge in [-0.2, -0.15) is 13.2 Å². The molecule has 2 heterocycles. The van der Waals surface area contributed by atoms with E-state index in [1.807, 2.05) is 6.07 Å². The highest BCUT2D eigenvalue weighted by molar-refractivity contribution is 6.52. The molecule has 2 aliphatic rings. The van der Waals surface area contributed by atoms with Crippen LogP contribution < -0.4 is 5.32 Å². The lowest BCUT2D eigenvalue weighted by Crippen LogP contribution is -2.31. The van der Waals surface area contributed by atoms with Crippen LogP contribution in [0.5, 0.6) is 0 Å². The largest absolute Gasteiger partial charge is 0.389 e. The van der Waals surface area contributed by atoms with Gasteiger partial charge in [-0.3, -0.25) is 9.79 Å². The highest BCUT2D eigenvalue weighted by Gasteiger charge is 2.43. The number of carbonyl (C=O) groups is 1. The van der Waals surface area contributed by atoms with E-state index in [9.17, 15) is 18.0 Å². The van der Waals surface area contributed by atoms with Gasteiger partial charge in [0.1, 0.15) is 5.71 Å². The number of aliphatic imine (C=N–C) groups is 1. The predicted octanol–water partition coefficient (Wildman–Crippen LogP) is 2.87. The van der Waals surface area contributed by atoms with Gasteiger partial charge in [0.25, 0.3) is 0 Å². The Balaban J connectivity index is 1.95. The highest BCUT2D eigenvalue weighted by atomic mass is 19.4. The van der Waals surface area contributed by atoms with Gasteiger partial charge in [-0.1, -0.05) is 30.3 Å². The second kappa shape index (κ2) is 5.26. The SMILES string of the molecule is CC1N=C(c2ccccc2)C(=O)C2=C1NCC2CC(F)(F)F. The third-order valence-corrected chi connectivity index (χ3v) is 3.96. The maximum atomic E-state index is 12.7. The van der Waals surface area contributed by atoms with Crippen LogP contribution >= 0.6 is 0 Å². The number of nitrogens with zero attached hydrogens (tertiary/aromatic N) is 1. The zero-order chi connectivity index (χ0) is 15.9. The summed E-state index contributed by atoms with van der Waals surface area (Å²) in [5.41, 5.74) is 1.68. The fourth-order valence-corrected chi connectivity index (χ4v) is 3.03. The molecule has 1 N–H and O–H groups in total. The van der Waals surface area contributed by atoms with Crippen LogP contribution in [0.3, 0.4) is 0 Å². The smallest absolute Gasteiger partial charge is 0.386 e. The van der Waals surface area contributed by atoms with E-state index >= 15 is 0 Å². The molecular formula is C16H15F3N2O. The van der Waals surface area contributed by atoms with E-state index in [1.54, 1.807) is 31.2 Å². The summed E-state index contributed by atoms with van der Waals surface area (Å²) in [7, 11) is 0. The first-order valence-corrected chi connectivity index (χ1v) is 7.09. The Labute approximate surface area is 125 Å². The molecule has 0 spiro atoms. The summed E-state index contributed by atoms with van der Waals surface area (Å²) < 4.78 is 38.2. The van der Waals surface area contributed by atoms with Crippen molar-refractivity contribution in [2.24, 2.45) is 10.9 Å². The third kappa shape index (κ3) is 2.65. The van der Waals surface area contributed by atoms with Crippen LogP contribution in [0.25, 0.3) is 0 Å². The molecule has 0 radical (unpaired) electrons. The number of dihydropyridines is 1. The molecule has 3 rings (SSSR count). The predicted molar refractivity (Wildman–Crippen MR) is 76.6 cm³/mol. The highest BCUT2D eigenvalue weighted by Crippen LogP contribution is 2.36. The molecule has 22 heavy (non-hydrogen) atoms. The number of alkyl halides is 3. The van der Waals surface area contributed by atoms with Crippen molar-refractivity contribution in [3.63, 3.8) is 0 Å². The monoisotopic (exact) mass is 308 g/mol. The summed E-state index contributed by atoms with van der Waals surface area (Å²) >= 11 is 0. The number of nitrogens with one attached hydrogen (secondary N) is 1. The summed E-state index contributed by atoms with van der Waals surface area (Å²) in [6.45, 7) is 1.92. The lowest BCUT2D eigenvalue weighted by atomic mass is 9.86.